The third kappa shape index (κ3) is 1.65. The van der Waals surface area contributed by atoms with Crippen LogP contribution in [0, 0.1) is 0 Å². The zero-order valence-electron chi connectivity index (χ0n) is 6.37. The van der Waals surface area contributed by atoms with E-state index in [4.69, 9.17) is 0 Å². The Labute approximate surface area is 100 Å². The molecule has 0 atom stereocenters. The van der Waals surface area contributed by atoms with E-state index in [1.165, 1.54) is 0 Å². The predicted octanol–water partition coefficient (Wildman–Crippen LogP) is 0.952. The number of benzene rings is 1. The van der Waals surface area contributed by atoms with Crippen LogP contribution in [0.4, 0.5) is 0 Å². The van der Waals surface area contributed by atoms with Gasteiger partial charge in [0.05, 0.1) is 11.1 Å². The fourth-order valence-corrected chi connectivity index (χ4v) is 1.72. The van der Waals surface area contributed by atoms with Crippen molar-refractivity contribution in [2.45, 2.75) is 0 Å². The molecule has 1 aliphatic rings. The van der Waals surface area contributed by atoms with Crippen molar-refractivity contribution in [2.75, 3.05) is 0 Å². The smallest absolute Gasteiger partial charge is 0.260 e. The van der Waals surface area contributed by atoms with E-state index in [-0.39, 0.29) is 36.2 Å². The molecule has 0 aromatic heterocycles. The summed E-state index contributed by atoms with van der Waals surface area (Å²) in [5, 5.41) is 2.22. The maximum absolute atomic E-state index is 11.1. The van der Waals surface area contributed by atoms with Gasteiger partial charge in [-0.05, 0) is 28.1 Å². The number of halogens is 1. The zero-order valence-corrected chi connectivity index (χ0v) is 10.5. The van der Waals surface area contributed by atoms with Gasteiger partial charge in [-0.25, -0.2) is 0 Å². The summed E-state index contributed by atoms with van der Waals surface area (Å²) in [4.78, 5) is 22.2. The molecule has 1 aromatic rings. The summed E-state index contributed by atoms with van der Waals surface area (Å²) in [6.07, 6.45) is 0. The molecule has 65 valence electrons. The fraction of sp³-hybridized carbons (Fsp3) is 0. The summed E-state index contributed by atoms with van der Waals surface area (Å²) in [5.74, 6) is -0.654. The average Bonchev–Trinajstić information content (AvgIpc) is 2.29. The van der Waals surface area contributed by atoms with Crippen molar-refractivity contribution in [1.82, 2.24) is 5.32 Å². The van der Waals surface area contributed by atoms with Gasteiger partial charge in [-0.3, -0.25) is 14.9 Å². The maximum Gasteiger partial charge on any atom is 0.260 e. The van der Waals surface area contributed by atoms with Crippen LogP contribution in [-0.2, 0) is 0 Å². The first-order valence-electron chi connectivity index (χ1n) is 3.34. The van der Waals surface area contributed by atoms with Crippen LogP contribution in [-0.4, -0.2) is 36.2 Å². The van der Waals surface area contributed by atoms with E-state index in [1.54, 1.807) is 18.2 Å². The van der Waals surface area contributed by atoms with Crippen LogP contribution in [0.2, 0.25) is 0 Å². The van der Waals surface area contributed by atoms with Crippen molar-refractivity contribution in [3.05, 3.63) is 33.8 Å². The average molecular weight is 348 g/mol. The van der Waals surface area contributed by atoms with Crippen molar-refractivity contribution in [3.63, 3.8) is 0 Å². The summed E-state index contributed by atoms with van der Waals surface area (Å²) in [6, 6.07) is 5.08. The Bertz CT molecular complexity index is 392. The van der Waals surface area contributed by atoms with Crippen LogP contribution in [0.25, 0.3) is 0 Å². The number of carbonyl (C=O) groups is 2. The van der Waals surface area contributed by atoms with E-state index in [1.807, 2.05) is 0 Å². The molecular weight excluding hydrogens is 344 g/mol. The standard InChI is InChI=1S/C8H4BrNO2.Sb/c9-5-3-1-2-4-6(5)8(12)10-7(4)11;/h1-3H,(H,10,11,12);. The van der Waals surface area contributed by atoms with Crippen molar-refractivity contribution < 1.29 is 9.59 Å². The van der Waals surface area contributed by atoms with Crippen molar-refractivity contribution in [3.8, 4) is 0 Å². The van der Waals surface area contributed by atoms with Gasteiger partial charge in [0.1, 0.15) is 0 Å². The van der Waals surface area contributed by atoms with E-state index in [0.717, 1.165) is 0 Å². The quantitative estimate of drug-likeness (QED) is 0.561. The largest absolute Gasteiger partial charge is 0.288 e. The maximum atomic E-state index is 11.1. The second-order valence-electron chi connectivity index (χ2n) is 2.45. The van der Waals surface area contributed by atoms with Gasteiger partial charge >= 0.3 is 0 Å². The van der Waals surface area contributed by atoms with Gasteiger partial charge in [0.15, 0.2) is 0 Å². The van der Waals surface area contributed by atoms with E-state index in [9.17, 15) is 9.59 Å². The first-order valence-corrected chi connectivity index (χ1v) is 4.13. The summed E-state index contributed by atoms with van der Waals surface area (Å²) >= 11 is 3.20. The molecule has 0 bridgehead atoms. The van der Waals surface area contributed by atoms with E-state index < -0.39 is 0 Å². The van der Waals surface area contributed by atoms with Gasteiger partial charge in [-0.15, -0.1) is 0 Å². The molecule has 1 aliphatic heterocycles. The monoisotopic (exact) mass is 346 g/mol. The van der Waals surface area contributed by atoms with Gasteiger partial charge in [-0.2, -0.15) is 0 Å². The molecule has 0 saturated carbocycles. The number of amides is 2. The summed E-state index contributed by atoms with van der Waals surface area (Å²) in [7, 11) is 0. The van der Waals surface area contributed by atoms with E-state index in [2.05, 4.69) is 21.2 Å². The molecule has 0 unspecified atom stereocenters. The first kappa shape index (κ1) is 10.7. The molecule has 1 heterocycles. The third-order valence-electron chi connectivity index (χ3n) is 1.71. The summed E-state index contributed by atoms with van der Waals surface area (Å²) in [5.41, 5.74) is 0.872. The van der Waals surface area contributed by atoms with Crippen molar-refractivity contribution in [1.29, 1.82) is 0 Å². The Hall–Kier alpha value is -0.342. The molecule has 5 heteroatoms. The molecule has 1 aromatic carbocycles. The van der Waals surface area contributed by atoms with Gasteiger partial charge < -0.3 is 0 Å². The van der Waals surface area contributed by atoms with Crippen LogP contribution >= 0.6 is 15.9 Å². The molecule has 0 spiro atoms. The molecule has 0 aliphatic carbocycles. The first-order chi connectivity index (χ1) is 5.70. The molecule has 0 fully saturated rings. The molecule has 2 amide bonds. The Morgan fingerprint density at radius 1 is 1.15 bits per heavy atom. The number of imide groups is 1. The molecule has 1 N–H and O–H groups in total. The van der Waals surface area contributed by atoms with E-state index in [0.29, 0.717) is 15.6 Å². The Morgan fingerprint density at radius 3 is 2.46 bits per heavy atom. The minimum absolute atomic E-state index is 0. The Kier molecular flexibility index (Phi) is 3.14. The van der Waals surface area contributed by atoms with Crippen LogP contribution in [0.3, 0.4) is 0 Å². The number of nitrogens with one attached hydrogen (secondary N) is 1. The van der Waals surface area contributed by atoms with Crippen LogP contribution in [0.1, 0.15) is 20.7 Å². The fourth-order valence-electron chi connectivity index (χ4n) is 1.18. The van der Waals surface area contributed by atoms with E-state index >= 15 is 0 Å². The topological polar surface area (TPSA) is 46.2 Å². The number of hydrogen-bond donors (Lipinski definition) is 1. The van der Waals surface area contributed by atoms with Crippen LogP contribution in [0.15, 0.2) is 22.7 Å². The second kappa shape index (κ2) is 3.80. The van der Waals surface area contributed by atoms with Gasteiger partial charge in [0.2, 0.25) is 0 Å². The summed E-state index contributed by atoms with van der Waals surface area (Å²) < 4.78 is 0.656. The molecule has 3 nitrogen and oxygen atoms in total. The number of fused-ring (bicyclic) bond motifs is 1. The second-order valence-corrected chi connectivity index (χ2v) is 3.30. The number of carbonyl (C=O) groups excluding carboxylic acids is 2. The SMILES string of the molecule is O=C1NC(=O)c2c(Br)cccc21.[Sb]. The zero-order chi connectivity index (χ0) is 8.72. The minimum atomic E-state index is -0.331. The molecular formula is C8H4BrNO2Sb. The normalized spacial score (nSPS) is 13.3. The molecule has 3 radical (unpaired) electrons. The van der Waals surface area contributed by atoms with Crippen LogP contribution in [0.5, 0.6) is 0 Å². The van der Waals surface area contributed by atoms with Gasteiger partial charge in [-0.1, -0.05) is 6.07 Å². The third-order valence-corrected chi connectivity index (χ3v) is 2.37. The van der Waals surface area contributed by atoms with Gasteiger partial charge in [0.25, 0.3) is 11.8 Å². The Balaban J connectivity index is 0.000000845. The molecule has 13 heavy (non-hydrogen) atoms. The Morgan fingerprint density at radius 2 is 1.85 bits per heavy atom. The molecule has 2 rings (SSSR count). The number of hydrogen-bond acceptors (Lipinski definition) is 2. The molecule has 0 saturated heterocycles. The summed E-state index contributed by atoms with van der Waals surface area (Å²) in [6.45, 7) is 0. The van der Waals surface area contributed by atoms with Crippen molar-refractivity contribution >= 4 is 52.2 Å². The van der Waals surface area contributed by atoms with Gasteiger partial charge in [0, 0.05) is 28.9 Å². The predicted molar refractivity (Wildman–Crippen MR) is 51.7 cm³/mol. The number of rotatable bonds is 0. The van der Waals surface area contributed by atoms with Crippen molar-refractivity contribution in [2.24, 2.45) is 0 Å². The van der Waals surface area contributed by atoms with Crippen LogP contribution < -0.4 is 5.32 Å². The minimum Gasteiger partial charge on any atom is -0.288 e.